The van der Waals surface area contributed by atoms with Gasteiger partial charge in [0, 0.05) is 36.9 Å². The van der Waals surface area contributed by atoms with Gasteiger partial charge in [0.15, 0.2) is 0 Å². The van der Waals surface area contributed by atoms with E-state index in [1.807, 2.05) is 13.0 Å². The van der Waals surface area contributed by atoms with Crippen molar-refractivity contribution in [1.29, 1.82) is 0 Å². The monoisotopic (exact) mass is 288 g/mol. The smallest absolute Gasteiger partial charge is 0.0470 e. The van der Waals surface area contributed by atoms with E-state index >= 15 is 0 Å². The molecule has 1 aliphatic rings. The van der Waals surface area contributed by atoms with E-state index in [2.05, 4.69) is 36.3 Å². The SMILES string of the molecule is C=Cc1ccc(C2CNCC(C(C)N)N2)c(N)c1CCC. The zero-order chi connectivity index (χ0) is 15.4. The van der Waals surface area contributed by atoms with Gasteiger partial charge in [0.1, 0.15) is 0 Å². The van der Waals surface area contributed by atoms with Crippen LogP contribution in [0.5, 0.6) is 0 Å². The van der Waals surface area contributed by atoms with Crippen LogP contribution in [0.3, 0.4) is 0 Å². The van der Waals surface area contributed by atoms with Crippen molar-refractivity contribution in [2.75, 3.05) is 18.8 Å². The average molecular weight is 288 g/mol. The fraction of sp³-hybridized carbons (Fsp3) is 0.529. The third-order valence-electron chi connectivity index (χ3n) is 4.29. The second-order valence-electron chi connectivity index (χ2n) is 5.93. The summed E-state index contributed by atoms with van der Waals surface area (Å²) in [4.78, 5) is 0. The summed E-state index contributed by atoms with van der Waals surface area (Å²) in [7, 11) is 0. The van der Waals surface area contributed by atoms with Crippen molar-refractivity contribution in [3.63, 3.8) is 0 Å². The van der Waals surface area contributed by atoms with E-state index in [0.717, 1.165) is 37.2 Å². The molecule has 1 aromatic rings. The first-order chi connectivity index (χ1) is 10.1. The molecule has 4 nitrogen and oxygen atoms in total. The fourth-order valence-electron chi connectivity index (χ4n) is 3.02. The summed E-state index contributed by atoms with van der Waals surface area (Å²) in [6.07, 6.45) is 3.95. The molecule has 1 saturated heterocycles. The third-order valence-corrected chi connectivity index (χ3v) is 4.29. The highest BCUT2D eigenvalue weighted by atomic mass is 15.1. The van der Waals surface area contributed by atoms with Crippen molar-refractivity contribution >= 4 is 11.8 Å². The summed E-state index contributed by atoms with van der Waals surface area (Å²) in [5.41, 5.74) is 16.9. The molecule has 0 radical (unpaired) electrons. The summed E-state index contributed by atoms with van der Waals surface area (Å²) in [5.74, 6) is 0. The number of nitrogens with one attached hydrogen (secondary N) is 2. The molecule has 6 N–H and O–H groups in total. The van der Waals surface area contributed by atoms with Crippen LogP contribution in [0.25, 0.3) is 6.08 Å². The standard InChI is InChI=1S/C17H28N4/c1-4-6-13-12(5-2)7-8-14(17(13)19)16-10-20-9-15(21-16)11(3)18/h5,7-8,11,15-16,20-21H,2,4,6,9-10,18-19H2,1,3H3. The number of anilines is 1. The molecule has 4 heteroatoms. The second-order valence-corrected chi connectivity index (χ2v) is 5.93. The highest BCUT2D eigenvalue weighted by molar-refractivity contribution is 5.66. The Kier molecular flexibility index (Phi) is 5.39. The molecule has 1 aliphatic heterocycles. The third kappa shape index (κ3) is 3.46. The summed E-state index contributed by atoms with van der Waals surface area (Å²) in [6.45, 7) is 9.89. The zero-order valence-electron chi connectivity index (χ0n) is 13.2. The van der Waals surface area contributed by atoms with Crippen LogP contribution < -0.4 is 22.1 Å². The van der Waals surface area contributed by atoms with Crippen LogP contribution in [0.2, 0.25) is 0 Å². The normalized spacial score (nSPS) is 23.8. The topological polar surface area (TPSA) is 76.1 Å². The van der Waals surface area contributed by atoms with Gasteiger partial charge >= 0.3 is 0 Å². The molecule has 1 heterocycles. The lowest BCUT2D eigenvalue weighted by Crippen LogP contribution is -2.57. The van der Waals surface area contributed by atoms with Gasteiger partial charge in [0.25, 0.3) is 0 Å². The molecular weight excluding hydrogens is 260 g/mol. The molecule has 0 spiro atoms. The number of piperazine rings is 1. The Morgan fingerprint density at radius 3 is 2.81 bits per heavy atom. The van der Waals surface area contributed by atoms with Crippen molar-refractivity contribution < 1.29 is 0 Å². The Labute approximate surface area is 128 Å². The van der Waals surface area contributed by atoms with E-state index in [9.17, 15) is 0 Å². The lowest BCUT2D eigenvalue weighted by atomic mass is 9.92. The predicted octanol–water partition coefficient (Wildman–Crippen LogP) is 1.81. The molecule has 0 amide bonds. The molecule has 21 heavy (non-hydrogen) atoms. The first kappa shape index (κ1) is 16.0. The quantitative estimate of drug-likeness (QED) is 0.623. The number of hydrogen-bond acceptors (Lipinski definition) is 4. The highest BCUT2D eigenvalue weighted by Crippen LogP contribution is 2.29. The Hall–Kier alpha value is -1.36. The molecule has 1 fully saturated rings. The number of rotatable bonds is 5. The maximum absolute atomic E-state index is 6.45. The molecule has 3 unspecified atom stereocenters. The van der Waals surface area contributed by atoms with E-state index in [0.29, 0.717) is 0 Å². The number of nitrogen functional groups attached to an aromatic ring is 1. The van der Waals surface area contributed by atoms with Crippen LogP contribution in [0.1, 0.15) is 43.0 Å². The predicted molar refractivity (Wildman–Crippen MR) is 91.1 cm³/mol. The van der Waals surface area contributed by atoms with E-state index in [-0.39, 0.29) is 18.1 Å². The summed E-state index contributed by atoms with van der Waals surface area (Å²) in [5, 5.41) is 7.08. The second kappa shape index (κ2) is 7.07. The molecule has 0 bridgehead atoms. The van der Waals surface area contributed by atoms with Gasteiger partial charge in [-0.05, 0) is 30.0 Å². The minimum Gasteiger partial charge on any atom is -0.398 e. The molecule has 2 rings (SSSR count). The van der Waals surface area contributed by atoms with Crippen molar-refractivity contribution in [1.82, 2.24) is 10.6 Å². The van der Waals surface area contributed by atoms with E-state index < -0.39 is 0 Å². The van der Waals surface area contributed by atoms with Gasteiger partial charge in [0.05, 0.1) is 0 Å². The van der Waals surface area contributed by atoms with Crippen LogP contribution in [0.4, 0.5) is 5.69 Å². The van der Waals surface area contributed by atoms with Crippen LogP contribution in [-0.2, 0) is 6.42 Å². The van der Waals surface area contributed by atoms with Gasteiger partial charge in [0.2, 0.25) is 0 Å². The summed E-state index contributed by atoms with van der Waals surface area (Å²) < 4.78 is 0. The Morgan fingerprint density at radius 1 is 1.43 bits per heavy atom. The van der Waals surface area contributed by atoms with Gasteiger partial charge in [-0.2, -0.15) is 0 Å². The lowest BCUT2D eigenvalue weighted by molar-refractivity contribution is 0.315. The molecular formula is C17H28N4. The Balaban J connectivity index is 2.31. The average Bonchev–Trinajstić information content (AvgIpc) is 2.49. The Morgan fingerprint density at radius 2 is 2.19 bits per heavy atom. The lowest BCUT2D eigenvalue weighted by Gasteiger charge is -2.35. The maximum atomic E-state index is 6.45. The molecule has 116 valence electrons. The van der Waals surface area contributed by atoms with Crippen molar-refractivity contribution in [3.05, 3.63) is 35.4 Å². The van der Waals surface area contributed by atoms with Crippen molar-refractivity contribution in [2.24, 2.45) is 5.73 Å². The largest absolute Gasteiger partial charge is 0.398 e. The first-order valence-electron chi connectivity index (χ1n) is 7.84. The van der Waals surface area contributed by atoms with E-state index in [1.54, 1.807) is 0 Å². The summed E-state index contributed by atoms with van der Waals surface area (Å²) >= 11 is 0. The fourth-order valence-corrected chi connectivity index (χ4v) is 3.02. The minimum absolute atomic E-state index is 0.115. The first-order valence-corrected chi connectivity index (χ1v) is 7.84. The van der Waals surface area contributed by atoms with Gasteiger partial charge in [-0.1, -0.05) is 38.1 Å². The summed E-state index contributed by atoms with van der Waals surface area (Å²) in [6, 6.07) is 4.85. The van der Waals surface area contributed by atoms with Crippen LogP contribution in [0, 0.1) is 0 Å². The number of nitrogens with two attached hydrogens (primary N) is 2. The molecule has 0 aliphatic carbocycles. The molecule has 3 atom stereocenters. The number of benzene rings is 1. The molecule has 1 aromatic carbocycles. The van der Waals surface area contributed by atoms with Gasteiger partial charge in [-0.3, -0.25) is 0 Å². The van der Waals surface area contributed by atoms with Crippen molar-refractivity contribution in [2.45, 2.75) is 44.8 Å². The van der Waals surface area contributed by atoms with E-state index in [1.165, 1.54) is 11.1 Å². The van der Waals surface area contributed by atoms with Crippen LogP contribution in [-0.4, -0.2) is 25.2 Å². The molecule has 0 aromatic heterocycles. The minimum atomic E-state index is 0.115. The zero-order valence-corrected chi connectivity index (χ0v) is 13.2. The van der Waals surface area contributed by atoms with Crippen molar-refractivity contribution in [3.8, 4) is 0 Å². The Bertz CT molecular complexity index is 496. The van der Waals surface area contributed by atoms with Crippen LogP contribution in [0.15, 0.2) is 18.7 Å². The highest BCUT2D eigenvalue weighted by Gasteiger charge is 2.26. The van der Waals surface area contributed by atoms with E-state index in [4.69, 9.17) is 11.5 Å². The van der Waals surface area contributed by atoms with Crippen LogP contribution >= 0.6 is 0 Å². The maximum Gasteiger partial charge on any atom is 0.0470 e. The van der Waals surface area contributed by atoms with Gasteiger partial charge in [-0.15, -0.1) is 0 Å². The van der Waals surface area contributed by atoms with Gasteiger partial charge in [-0.25, -0.2) is 0 Å². The molecule has 0 saturated carbocycles. The van der Waals surface area contributed by atoms with Gasteiger partial charge < -0.3 is 22.1 Å². The number of hydrogen-bond donors (Lipinski definition) is 4.